The molecular weight excluding hydrogens is 422 g/mol. The van der Waals surface area contributed by atoms with Crippen LogP contribution in [-0.2, 0) is 9.59 Å². The molecule has 170 valence electrons. The van der Waals surface area contributed by atoms with Crippen LogP contribution in [0, 0.1) is 22.7 Å². The van der Waals surface area contributed by atoms with Gasteiger partial charge in [0.2, 0.25) is 11.8 Å². The SMILES string of the molecule is C[C@H]1CN(CC(=O)N(C)CC#N)C(=O)c2cc(-c3ccc(C=N)cc3NC(=O)C3CC3)nn21. The van der Waals surface area contributed by atoms with E-state index in [9.17, 15) is 14.4 Å². The minimum Gasteiger partial charge on any atom is -0.331 e. The quantitative estimate of drug-likeness (QED) is 0.494. The van der Waals surface area contributed by atoms with Crippen LogP contribution in [0.5, 0.6) is 0 Å². The molecule has 10 heteroatoms. The summed E-state index contributed by atoms with van der Waals surface area (Å²) in [5.41, 5.74) is 2.74. The second-order valence-corrected chi connectivity index (χ2v) is 8.51. The average Bonchev–Trinajstić information content (AvgIpc) is 3.55. The standard InChI is InChI=1S/C23H25N7O3/c1-14-12-29(13-21(31)28(2)8-7-24)23(33)20-10-19(27-30(14)20)17-6-3-15(11-25)9-18(17)26-22(32)16-4-5-16/h3,6,9-11,14,16,25H,4-5,8,12-13H2,1-2H3,(H,26,32)/t14-/m0/s1. The lowest BCUT2D eigenvalue weighted by molar-refractivity contribution is -0.130. The summed E-state index contributed by atoms with van der Waals surface area (Å²) >= 11 is 0. The van der Waals surface area contributed by atoms with Gasteiger partial charge in [-0.15, -0.1) is 0 Å². The van der Waals surface area contributed by atoms with Crippen molar-refractivity contribution < 1.29 is 14.4 Å². The number of likely N-dealkylation sites (N-methyl/N-ethyl adjacent to an activating group) is 1. The molecule has 1 aromatic carbocycles. The van der Waals surface area contributed by atoms with E-state index < -0.39 is 0 Å². The first-order valence-electron chi connectivity index (χ1n) is 10.8. The van der Waals surface area contributed by atoms with Crippen LogP contribution >= 0.6 is 0 Å². The van der Waals surface area contributed by atoms with Crippen LogP contribution in [0.4, 0.5) is 5.69 Å². The maximum absolute atomic E-state index is 13.1. The smallest absolute Gasteiger partial charge is 0.272 e. The van der Waals surface area contributed by atoms with Crippen molar-refractivity contribution in [2.45, 2.75) is 25.8 Å². The molecule has 1 saturated carbocycles. The van der Waals surface area contributed by atoms with Crippen LogP contribution < -0.4 is 5.32 Å². The van der Waals surface area contributed by atoms with Gasteiger partial charge in [0.25, 0.3) is 5.91 Å². The van der Waals surface area contributed by atoms with Crippen molar-refractivity contribution in [3.05, 3.63) is 35.5 Å². The van der Waals surface area contributed by atoms with E-state index in [0.29, 0.717) is 34.7 Å². The van der Waals surface area contributed by atoms with Gasteiger partial charge < -0.3 is 20.5 Å². The van der Waals surface area contributed by atoms with Crippen molar-refractivity contribution in [3.8, 4) is 17.3 Å². The number of hydrogen-bond donors (Lipinski definition) is 2. The van der Waals surface area contributed by atoms with E-state index in [2.05, 4.69) is 10.4 Å². The fraction of sp³-hybridized carbons (Fsp3) is 0.391. The molecule has 2 aliphatic rings. The summed E-state index contributed by atoms with van der Waals surface area (Å²) in [5, 5.41) is 23.9. The Balaban J connectivity index is 1.63. The number of amides is 3. The highest BCUT2D eigenvalue weighted by Gasteiger charge is 2.33. The number of nitrogens with one attached hydrogen (secondary N) is 2. The fourth-order valence-electron chi connectivity index (χ4n) is 3.84. The number of anilines is 1. The lowest BCUT2D eigenvalue weighted by Crippen LogP contribution is -2.47. The molecule has 0 bridgehead atoms. The molecule has 1 fully saturated rings. The summed E-state index contributed by atoms with van der Waals surface area (Å²) < 4.78 is 1.65. The molecule has 2 aromatic rings. The molecule has 33 heavy (non-hydrogen) atoms. The van der Waals surface area contributed by atoms with Gasteiger partial charge in [0.1, 0.15) is 18.8 Å². The molecular formula is C23H25N7O3. The molecule has 3 amide bonds. The Bertz CT molecular complexity index is 1180. The van der Waals surface area contributed by atoms with Gasteiger partial charge >= 0.3 is 0 Å². The molecule has 0 saturated heterocycles. The minimum atomic E-state index is -0.315. The second-order valence-electron chi connectivity index (χ2n) is 8.51. The third-order valence-electron chi connectivity index (χ3n) is 5.90. The number of carbonyl (C=O) groups is 3. The largest absolute Gasteiger partial charge is 0.331 e. The van der Waals surface area contributed by atoms with Crippen LogP contribution in [0.15, 0.2) is 24.3 Å². The number of aromatic nitrogens is 2. The number of hydrogen-bond acceptors (Lipinski definition) is 6. The monoisotopic (exact) mass is 447 g/mol. The molecule has 1 atom stereocenters. The van der Waals surface area contributed by atoms with Gasteiger partial charge in [0.15, 0.2) is 0 Å². The molecule has 0 unspecified atom stereocenters. The summed E-state index contributed by atoms with van der Waals surface area (Å²) in [6.07, 6.45) is 2.95. The van der Waals surface area contributed by atoms with Crippen LogP contribution in [0.3, 0.4) is 0 Å². The van der Waals surface area contributed by atoms with E-state index in [-0.39, 0.29) is 42.8 Å². The molecule has 2 heterocycles. The number of carbonyl (C=O) groups excluding carboxylic acids is 3. The first-order valence-corrected chi connectivity index (χ1v) is 10.8. The van der Waals surface area contributed by atoms with Crippen molar-refractivity contribution in [3.63, 3.8) is 0 Å². The summed E-state index contributed by atoms with van der Waals surface area (Å²) in [5.74, 6) is -0.663. The van der Waals surface area contributed by atoms with E-state index >= 15 is 0 Å². The van der Waals surface area contributed by atoms with Gasteiger partial charge in [0.05, 0.1) is 23.5 Å². The Hall–Kier alpha value is -4.00. The predicted molar refractivity (Wildman–Crippen MR) is 121 cm³/mol. The topological polar surface area (TPSA) is 135 Å². The highest BCUT2D eigenvalue weighted by molar-refractivity contribution is 6.00. The van der Waals surface area contributed by atoms with Crippen molar-refractivity contribution in [1.82, 2.24) is 19.6 Å². The Kier molecular flexibility index (Phi) is 5.96. The Labute approximate surface area is 191 Å². The molecule has 1 aliphatic heterocycles. The number of nitriles is 1. The van der Waals surface area contributed by atoms with Gasteiger partial charge in [-0.05, 0) is 43.5 Å². The first-order chi connectivity index (χ1) is 15.8. The van der Waals surface area contributed by atoms with E-state index in [0.717, 1.165) is 12.8 Å². The van der Waals surface area contributed by atoms with E-state index in [1.165, 1.54) is 23.1 Å². The van der Waals surface area contributed by atoms with Crippen LogP contribution in [-0.4, -0.2) is 70.2 Å². The van der Waals surface area contributed by atoms with Gasteiger partial charge in [0, 0.05) is 31.3 Å². The van der Waals surface area contributed by atoms with Crippen LogP contribution in [0.25, 0.3) is 11.3 Å². The molecule has 0 spiro atoms. The van der Waals surface area contributed by atoms with E-state index in [1.807, 2.05) is 13.0 Å². The Morgan fingerprint density at radius 3 is 2.79 bits per heavy atom. The fourth-order valence-corrected chi connectivity index (χ4v) is 3.84. The van der Waals surface area contributed by atoms with E-state index in [4.69, 9.17) is 10.7 Å². The van der Waals surface area contributed by atoms with Gasteiger partial charge in [-0.2, -0.15) is 10.4 Å². The van der Waals surface area contributed by atoms with Crippen molar-refractivity contribution >= 4 is 29.6 Å². The molecule has 1 aromatic heterocycles. The summed E-state index contributed by atoms with van der Waals surface area (Å²) in [7, 11) is 1.53. The van der Waals surface area contributed by atoms with Gasteiger partial charge in [-0.3, -0.25) is 19.1 Å². The summed E-state index contributed by atoms with van der Waals surface area (Å²) in [4.78, 5) is 40.6. The molecule has 1 aliphatic carbocycles. The lowest BCUT2D eigenvalue weighted by atomic mass is 10.1. The Morgan fingerprint density at radius 2 is 2.12 bits per heavy atom. The highest BCUT2D eigenvalue weighted by Crippen LogP contribution is 2.34. The predicted octanol–water partition coefficient (Wildman–Crippen LogP) is 1.90. The maximum Gasteiger partial charge on any atom is 0.272 e. The maximum atomic E-state index is 13.1. The number of benzene rings is 1. The number of nitrogens with zero attached hydrogens (tertiary/aromatic N) is 5. The third-order valence-corrected chi connectivity index (χ3v) is 5.90. The summed E-state index contributed by atoms with van der Waals surface area (Å²) in [6, 6.07) is 8.70. The van der Waals surface area contributed by atoms with Crippen molar-refractivity contribution in [1.29, 1.82) is 10.7 Å². The van der Waals surface area contributed by atoms with Gasteiger partial charge in [-0.1, -0.05) is 6.07 Å². The molecule has 4 rings (SSSR count). The third kappa shape index (κ3) is 4.48. The minimum absolute atomic E-state index is 0.0172. The average molecular weight is 447 g/mol. The second kappa shape index (κ2) is 8.86. The van der Waals surface area contributed by atoms with Crippen LogP contribution in [0.2, 0.25) is 0 Å². The zero-order chi connectivity index (χ0) is 23.7. The normalized spacial score (nSPS) is 17.2. The van der Waals surface area contributed by atoms with Crippen molar-refractivity contribution in [2.75, 3.05) is 32.0 Å². The number of rotatable bonds is 7. The zero-order valence-electron chi connectivity index (χ0n) is 18.5. The Morgan fingerprint density at radius 1 is 1.36 bits per heavy atom. The lowest BCUT2D eigenvalue weighted by Gasteiger charge is -2.32. The summed E-state index contributed by atoms with van der Waals surface area (Å²) in [6.45, 7) is 2.08. The first kappa shape index (κ1) is 22.2. The molecule has 2 N–H and O–H groups in total. The zero-order valence-corrected chi connectivity index (χ0v) is 18.5. The molecule has 0 radical (unpaired) electrons. The number of fused-ring (bicyclic) bond motifs is 1. The van der Waals surface area contributed by atoms with Gasteiger partial charge in [-0.25, -0.2) is 0 Å². The van der Waals surface area contributed by atoms with Crippen LogP contribution in [0.1, 0.15) is 41.9 Å². The molecule has 10 nitrogen and oxygen atoms in total. The van der Waals surface area contributed by atoms with E-state index in [1.54, 1.807) is 28.9 Å². The van der Waals surface area contributed by atoms with Crippen molar-refractivity contribution in [2.24, 2.45) is 5.92 Å². The highest BCUT2D eigenvalue weighted by atomic mass is 16.2.